The van der Waals surface area contributed by atoms with Crippen molar-refractivity contribution in [3.63, 3.8) is 0 Å². The molecule has 3 nitrogen and oxygen atoms in total. The number of anilines is 1. The van der Waals surface area contributed by atoms with Gasteiger partial charge in [-0.1, -0.05) is 55.2 Å². The van der Waals surface area contributed by atoms with Crippen molar-refractivity contribution in [2.24, 2.45) is 0 Å². The molecule has 22 heavy (non-hydrogen) atoms. The van der Waals surface area contributed by atoms with E-state index in [1.807, 2.05) is 61.5 Å². The average Bonchev–Trinajstić information content (AvgIpc) is 2.56. The van der Waals surface area contributed by atoms with Crippen molar-refractivity contribution in [1.29, 1.82) is 0 Å². The molecule has 0 heterocycles. The van der Waals surface area contributed by atoms with Crippen molar-refractivity contribution in [3.05, 3.63) is 65.7 Å². The van der Waals surface area contributed by atoms with E-state index in [4.69, 9.17) is 4.74 Å². The summed E-state index contributed by atoms with van der Waals surface area (Å²) in [5.41, 5.74) is 2.84. The summed E-state index contributed by atoms with van der Waals surface area (Å²) in [6.45, 7) is 2.32. The van der Waals surface area contributed by atoms with Crippen LogP contribution in [0.15, 0.2) is 54.6 Å². The molecule has 0 unspecified atom stereocenters. The lowest BCUT2D eigenvalue weighted by Gasteiger charge is -2.09. The molecule has 0 aromatic heterocycles. The lowest BCUT2D eigenvalue weighted by molar-refractivity contribution is 0.164. The predicted octanol–water partition coefficient (Wildman–Crippen LogP) is 4.24. The number of hydrogen-bond donors (Lipinski definition) is 1. The third kappa shape index (κ3) is 4.99. The van der Waals surface area contributed by atoms with Gasteiger partial charge in [0, 0.05) is 17.7 Å². The molecule has 0 fully saturated rings. The van der Waals surface area contributed by atoms with Gasteiger partial charge in [-0.05, 0) is 30.2 Å². The molecule has 0 radical (unpaired) electrons. The van der Waals surface area contributed by atoms with Gasteiger partial charge in [-0.3, -0.25) is 5.32 Å². The van der Waals surface area contributed by atoms with Gasteiger partial charge in [-0.15, -0.1) is 0 Å². The number of ether oxygens (including phenoxy) is 1. The Morgan fingerprint density at radius 1 is 1.09 bits per heavy atom. The zero-order valence-corrected chi connectivity index (χ0v) is 12.6. The van der Waals surface area contributed by atoms with Crippen LogP contribution in [-0.4, -0.2) is 12.7 Å². The smallest absolute Gasteiger partial charge is 0.411 e. The number of rotatable bonds is 4. The summed E-state index contributed by atoms with van der Waals surface area (Å²) < 4.78 is 5.13. The molecule has 0 spiro atoms. The molecule has 0 atom stereocenters. The highest BCUT2D eigenvalue weighted by molar-refractivity contribution is 5.85. The second-order valence-electron chi connectivity index (χ2n) is 4.69. The molecule has 0 aliphatic carbocycles. The molecule has 2 aromatic carbocycles. The Kier molecular flexibility index (Phi) is 6.07. The number of hydrogen-bond acceptors (Lipinski definition) is 2. The Balaban J connectivity index is 1.76. The van der Waals surface area contributed by atoms with E-state index in [1.165, 1.54) is 0 Å². The maximum atomic E-state index is 11.7. The highest BCUT2D eigenvalue weighted by atomic mass is 16.5. The largest absolute Gasteiger partial charge is 0.448 e. The van der Waals surface area contributed by atoms with Gasteiger partial charge >= 0.3 is 6.09 Å². The number of nitrogens with one attached hydrogen (secondary N) is 1. The zero-order chi connectivity index (χ0) is 15.6. The molecular weight excluding hydrogens is 274 g/mol. The third-order valence-corrected chi connectivity index (χ3v) is 3.10. The molecule has 112 valence electrons. The summed E-state index contributed by atoms with van der Waals surface area (Å²) in [5.74, 6) is 6.01. The predicted molar refractivity (Wildman–Crippen MR) is 88.7 cm³/mol. The fraction of sp³-hybridized carbons (Fsp3) is 0.211. The summed E-state index contributed by atoms with van der Waals surface area (Å²) >= 11 is 0. The summed E-state index contributed by atoms with van der Waals surface area (Å²) in [6, 6.07) is 17.4. The van der Waals surface area contributed by atoms with Gasteiger partial charge in [-0.25, -0.2) is 4.79 Å². The van der Waals surface area contributed by atoms with Crippen LogP contribution in [0.25, 0.3) is 0 Å². The van der Waals surface area contributed by atoms with E-state index in [9.17, 15) is 4.79 Å². The first-order valence-electron chi connectivity index (χ1n) is 7.35. The van der Waals surface area contributed by atoms with Crippen LogP contribution < -0.4 is 5.32 Å². The fourth-order valence-electron chi connectivity index (χ4n) is 1.98. The number of para-hydroxylation sites is 1. The molecule has 0 bridgehead atoms. The maximum Gasteiger partial charge on any atom is 0.411 e. The Hall–Kier alpha value is -2.73. The molecule has 2 rings (SSSR count). The van der Waals surface area contributed by atoms with Crippen LogP contribution in [0.5, 0.6) is 0 Å². The number of amides is 1. The first-order valence-corrected chi connectivity index (χ1v) is 7.35. The highest BCUT2D eigenvalue weighted by Gasteiger charge is 2.05. The fourth-order valence-corrected chi connectivity index (χ4v) is 1.98. The van der Waals surface area contributed by atoms with Gasteiger partial charge in [0.15, 0.2) is 0 Å². The van der Waals surface area contributed by atoms with Crippen molar-refractivity contribution in [1.82, 2.24) is 0 Å². The van der Waals surface area contributed by atoms with Gasteiger partial charge in [0.2, 0.25) is 0 Å². The topological polar surface area (TPSA) is 38.3 Å². The second-order valence-corrected chi connectivity index (χ2v) is 4.69. The van der Waals surface area contributed by atoms with Gasteiger partial charge in [0.25, 0.3) is 0 Å². The molecular formula is C19H19NO2. The monoisotopic (exact) mass is 293 g/mol. The van der Waals surface area contributed by atoms with Crippen molar-refractivity contribution in [3.8, 4) is 11.8 Å². The minimum atomic E-state index is -0.442. The Labute approximate surface area is 131 Å². The standard InChI is InChI=1S/C19H19NO2/c1-2-17-13-6-7-14-18(17)20-19(21)22-15-9-8-12-16-10-4-3-5-11-16/h3-7,10-11,13-14H,2,9,15H2,1H3,(H,20,21). The van der Waals surface area contributed by atoms with Crippen LogP contribution in [0.1, 0.15) is 24.5 Å². The summed E-state index contributed by atoms with van der Waals surface area (Å²) in [5, 5.41) is 2.76. The number of aryl methyl sites for hydroxylation is 1. The van der Waals surface area contributed by atoms with E-state index in [0.717, 1.165) is 23.2 Å². The minimum absolute atomic E-state index is 0.278. The molecule has 2 aromatic rings. The number of carbonyl (C=O) groups is 1. The average molecular weight is 293 g/mol. The first-order chi connectivity index (χ1) is 10.8. The Morgan fingerprint density at radius 3 is 2.59 bits per heavy atom. The number of carbonyl (C=O) groups excluding carboxylic acids is 1. The Morgan fingerprint density at radius 2 is 1.82 bits per heavy atom. The van der Waals surface area contributed by atoms with Crippen molar-refractivity contribution in [2.75, 3.05) is 11.9 Å². The molecule has 1 amide bonds. The highest BCUT2D eigenvalue weighted by Crippen LogP contribution is 2.15. The van der Waals surface area contributed by atoms with Crippen LogP contribution >= 0.6 is 0 Å². The molecule has 0 aliphatic heterocycles. The third-order valence-electron chi connectivity index (χ3n) is 3.10. The van der Waals surface area contributed by atoms with Crippen LogP contribution in [0.3, 0.4) is 0 Å². The van der Waals surface area contributed by atoms with Gasteiger partial charge in [-0.2, -0.15) is 0 Å². The van der Waals surface area contributed by atoms with E-state index < -0.39 is 6.09 Å². The van der Waals surface area contributed by atoms with E-state index in [0.29, 0.717) is 6.42 Å². The normalized spacial score (nSPS) is 9.50. The van der Waals surface area contributed by atoms with Crippen molar-refractivity contribution < 1.29 is 9.53 Å². The lowest BCUT2D eigenvalue weighted by Crippen LogP contribution is -2.15. The van der Waals surface area contributed by atoms with Crippen molar-refractivity contribution >= 4 is 11.8 Å². The summed E-state index contributed by atoms with van der Waals surface area (Å²) in [4.78, 5) is 11.7. The van der Waals surface area contributed by atoms with Crippen LogP contribution in [0.2, 0.25) is 0 Å². The quantitative estimate of drug-likeness (QED) is 0.676. The molecule has 0 saturated carbocycles. The SMILES string of the molecule is CCc1ccccc1NC(=O)OCCC#Cc1ccccc1. The molecule has 0 saturated heterocycles. The molecule has 3 heteroatoms. The van der Waals surface area contributed by atoms with Gasteiger partial charge in [0.05, 0.1) is 0 Å². The zero-order valence-electron chi connectivity index (χ0n) is 12.6. The van der Waals surface area contributed by atoms with Crippen LogP contribution in [0, 0.1) is 11.8 Å². The summed E-state index contributed by atoms with van der Waals surface area (Å²) in [7, 11) is 0. The summed E-state index contributed by atoms with van der Waals surface area (Å²) in [6.07, 6.45) is 0.930. The lowest BCUT2D eigenvalue weighted by atomic mass is 10.1. The first kappa shape index (κ1) is 15.7. The van der Waals surface area contributed by atoms with E-state index in [-0.39, 0.29) is 6.61 Å². The minimum Gasteiger partial charge on any atom is -0.448 e. The van der Waals surface area contributed by atoms with Crippen LogP contribution in [-0.2, 0) is 11.2 Å². The molecule has 0 aliphatic rings. The van der Waals surface area contributed by atoms with Crippen LogP contribution in [0.4, 0.5) is 10.5 Å². The van der Waals surface area contributed by atoms with Crippen molar-refractivity contribution in [2.45, 2.75) is 19.8 Å². The maximum absolute atomic E-state index is 11.7. The van der Waals surface area contributed by atoms with Gasteiger partial charge < -0.3 is 4.74 Å². The Bertz CT molecular complexity index is 669. The van der Waals surface area contributed by atoms with E-state index in [1.54, 1.807) is 0 Å². The number of benzene rings is 2. The van der Waals surface area contributed by atoms with Gasteiger partial charge in [0.1, 0.15) is 6.61 Å². The molecule has 1 N–H and O–H groups in total. The second kappa shape index (κ2) is 8.53. The van der Waals surface area contributed by atoms with E-state index >= 15 is 0 Å². The van der Waals surface area contributed by atoms with E-state index in [2.05, 4.69) is 17.2 Å².